The minimum absolute atomic E-state index is 0.00974. The second kappa shape index (κ2) is 4.09. The summed E-state index contributed by atoms with van der Waals surface area (Å²) < 4.78 is 0. The molecule has 4 nitrogen and oxygen atoms in total. The average molecular weight is 181 g/mol. The van der Waals surface area contributed by atoms with Crippen molar-refractivity contribution in [1.29, 1.82) is 0 Å². The Balaban J connectivity index is 2.73. The third-order valence-electron chi connectivity index (χ3n) is 1.79. The number of nitrogens with zero attached hydrogens (tertiary/aromatic N) is 1. The summed E-state index contributed by atoms with van der Waals surface area (Å²) in [7, 11) is 0. The van der Waals surface area contributed by atoms with Crippen molar-refractivity contribution in [2.75, 3.05) is 17.7 Å². The monoisotopic (exact) mass is 181 g/mol. The minimum atomic E-state index is 0.00974. The zero-order valence-electron chi connectivity index (χ0n) is 7.91. The normalized spacial score (nSPS) is 12.5. The van der Waals surface area contributed by atoms with Gasteiger partial charge in [0.15, 0.2) is 0 Å². The highest BCUT2D eigenvalue weighted by atomic mass is 16.3. The number of nitrogens with one attached hydrogen (secondary N) is 1. The number of hydrogen-bond acceptors (Lipinski definition) is 4. The lowest BCUT2D eigenvalue weighted by Crippen LogP contribution is -2.20. The van der Waals surface area contributed by atoms with Crippen molar-refractivity contribution in [2.24, 2.45) is 0 Å². The van der Waals surface area contributed by atoms with Gasteiger partial charge in [0.05, 0.1) is 18.0 Å². The quantitative estimate of drug-likeness (QED) is 0.644. The molecule has 13 heavy (non-hydrogen) atoms. The van der Waals surface area contributed by atoms with Crippen LogP contribution in [0.25, 0.3) is 0 Å². The molecule has 1 unspecified atom stereocenters. The van der Waals surface area contributed by atoms with Gasteiger partial charge in [0.2, 0.25) is 0 Å². The third kappa shape index (κ3) is 2.59. The van der Waals surface area contributed by atoms with Gasteiger partial charge in [0.1, 0.15) is 5.82 Å². The standard InChI is InChI=1S/C9H15N3O/c1-6(5-13)11-9-4-3-8(10)7(2)12-9/h3-4,6,13H,5,10H2,1-2H3,(H,11,12). The molecule has 0 fully saturated rings. The van der Waals surface area contributed by atoms with Crippen LogP contribution in [-0.4, -0.2) is 22.7 Å². The molecule has 0 aliphatic carbocycles. The lowest BCUT2D eigenvalue weighted by Gasteiger charge is -2.12. The van der Waals surface area contributed by atoms with E-state index < -0.39 is 0 Å². The summed E-state index contributed by atoms with van der Waals surface area (Å²) in [5, 5.41) is 11.8. The number of hydrogen-bond donors (Lipinski definition) is 3. The van der Waals surface area contributed by atoms with Crippen LogP contribution in [0, 0.1) is 6.92 Å². The van der Waals surface area contributed by atoms with Gasteiger partial charge >= 0.3 is 0 Å². The molecule has 0 saturated carbocycles. The van der Waals surface area contributed by atoms with E-state index in [9.17, 15) is 0 Å². The largest absolute Gasteiger partial charge is 0.397 e. The topological polar surface area (TPSA) is 71.2 Å². The van der Waals surface area contributed by atoms with E-state index in [0.29, 0.717) is 5.69 Å². The van der Waals surface area contributed by atoms with Gasteiger partial charge < -0.3 is 16.2 Å². The van der Waals surface area contributed by atoms with Gasteiger partial charge in [-0.15, -0.1) is 0 Å². The highest BCUT2D eigenvalue weighted by molar-refractivity contribution is 5.49. The fourth-order valence-corrected chi connectivity index (χ4v) is 0.950. The first-order chi connectivity index (χ1) is 6.13. The number of pyridine rings is 1. The van der Waals surface area contributed by atoms with Crippen molar-refractivity contribution < 1.29 is 5.11 Å². The van der Waals surface area contributed by atoms with Gasteiger partial charge in [-0.3, -0.25) is 0 Å². The van der Waals surface area contributed by atoms with Crippen LogP contribution in [0.3, 0.4) is 0 Å². The highest BCUT2D eigenvalue weighted by Gasteiger charge is 2.01. The van der Waals surface area contributed by atoms with E-state index >= 15 is 0 Å². The highest BCUT2D eigenvalue weighted by Crippen LogP contribution is 2.12. The Morgan fingerprint density at radius 1 is 1.62 bits per heavy atom. The van der Waals surface area contributed by atoms with Gasteiger partial charge in [0.25, 0.3) is 0 Å². The van der Waals surface area contributed by atoms with Crippen molar-refractivity contribution in [3.05, 3.63) is 17.8 Å². The molecule has 4 N–H and O–H groups in total. The zero-order valence-corrected chi connectivity index (χ0v) is 7.91. The van der Waals surface area contributed by atoms with Crippen LogP contribution in [0.5, 0.6) is 0 Å². The number of anilines is 2. The summed E-state index contributed by atoms with van der Waals surface area (Å²) in [6, 6.07) is 3.61. The van der Waals surface area contributed by atoms with E-state index in [1.54, 1.807) is 12.1 Å². The lowest BCUT2D eigenvalue weighted by molar-refractivity contribution is 0.281. The van der Waals surface area contributed by atoms with E-state index in [1.165, 1.54) is 0 Å². The smallest absolute Gasteiger partial charge is 0.126 e. The first kappa shape index (κ1) is 9.80. The predicted molar refractivity (Wildman–Crippen MR) is 53.6 cm³/mol. The fourth-order valence-electron chi connectivity index (χ4n) is 0.950. The molecule has 4 heteroatoms. The molecule has 1 aromatic heterocycles. The van der Waals surface area contributed by atoms with Crippen LogP contribution in [0.1, 0.15) is 12.6 Å². The molecule has 0 amide bonds. The van der Waals surface area contributed by atoms with E-state index in [4.69, 9.17) is 10.8 Å². The maximum Gasteiger partial charge on any atom is 0.126 e. The van der Waals surface area contributed by atoms with Gasteiger partial charge in [-0.1, -0.05) is 0 Å². The fraction of sp³-hybridized carbons (Fsp3) is 0.444. The molecule has 0 bridgehead atoms. The van der Waals surface area contributed by atoms with Gasteiger partial charge in [0, 0.05) is 6.04 Å². The predicted octanol–water partition coefficient (Wildman–Crippen LogP) is 0.765. The number of aromatic nitrogens is 1. The summed E-state index contributed by atoms with van der Waals surface area (Å²) in [6.07, 6.45) is 0. The first-order valence-electron chi connectivity index (χ1n) is 4.24. The van der Waals surface area contributed by atoms with Crippen molar-refractivity contribution >= 4 is 11.5 Å². The molecule has 0 aliphatic rings. The minimum Gasteiger partial charge on any atom is -0.397 e. The maximum absolute atomic E-state index is 8.81. The molecule has 1 heterocycles. The summed E-state index contributed by atoms with van der Waals surface area (Å²) >= 11 is 0. The Kier molecular flexibility index (Phi) is 3.08. The molecule has 0 radical (unpaired) electrons. The van der Waals surface area contributed by atoms with Crippen molar-refractivity contribution in [3.63, 3.8) is 0 Å². The number of aliphatic hydroxyl groups excluding tert-OH is 1. The maximum atomic E-state index is 8.81. The van der Waals surface area contributed by atoms with Crippen LogP contribution >= 0.6 is 0 Å². The van der Waals surface area contributed by atoms with Gasteiger partial charge in [-0.25, -0.2) is 4.98 Å². The second-order valence-electron chi connectivity index (χ2n) is 3.10. The first-order valence-corrected chi connectivity index (χ1v) is 4.24. The van der Waals surface area contributed by atoms with Gasteiger partial charge in [-0.2, -0.15) is 0 Å². The average Bonchev–Trinajstić information content (AvgIpc) is 2.11. The molecule has 1 aromatic rings. The molecule has 72 valence electrons. The van der Waals surface area contributed by atoms with Crippen LogP contribution in [0.2, 0.25) is 0 Å². The third-order valence-corrected chi connectivity index (χ3v) is 1.79. The number of aryl methyl sites for hydroxylation is 1. The molecule has 0 aromatic carbocycles. The molecule has 0 spiro atoms. The Bertz CT molecular complexity index is 288. The molecule has 0 aliphatic heterocycles. The Hall–Kier alpha value is -1.29. The zero-order chi connectivity index (χ0) is 9.84. The molecular weight excluding hydrogens is 166 g/mol. The van der Waals surface area contributed by atoms with Crippen molar-refractivity contribution in [1.82, 2.24) is 4.98 Å². The van der Waals surface area contributed by atoms with Crippen molar-refractivity contribution in [2.45, 2.75) is 19.9 Å². The number of rotatable bonds is 3. The summed E-state index contributed by atoms with van der Waals surface area (Å²) in [4.78, 5) is 4.21. The number of nitrogens with two attached hydrogens (primary N) is 1. The van der Waals surface area contributed by atoms with E-state index in [-0.39, 0.29) is 12.6 Å². The Morgan fingerprint density at radius 3 is 2.85 bits per heavy atom. The molecule has 1 rings (SSSR count). The number of aliphatic hydroxyl groups is 1. The number of nitrogen functional groups attached to an aromatic ring is 1. The Labute approximate surface area is 77.8 Å². The molecule has 0 saturated heterocycles. The summed E-state index contributed by atoms with van der Waals surface area (Å²) in [5.74, 6) is 0.744. The molecular formula is C9H15N3O. The van der Waals surface area contributed by atoms with Gasteiger partial charge in [-0.05, 0) is 26.0 Å². The molecule has 1 atom stereocenters. The summed E-state index contributed by atoms with van der Waals surface area (Å²) in [6.45, 7) is 3.82. The lowest BCUT2D eigenvalue weighted by atomic mass is 10.3. The van der Waals surface area contributed by atoms with Crippen LogP contribution in [0.4, 0.5) is 11.5 Å². The van der Waals surface area contributed by atoms with Crippen LogP contribution in [-0.2, 0) is 0 Å². The Morgan fingerprint density at radius 2 is 2.31 bits per heavy atom. The van der Waals surface area contributed by atoms with E-state index in [0.717, 1.165) is 11.5 Å². The van der Waals surface area contributed by atoms with E-state index in [1.807, 2.05) is 13.8 Å². The van der Waals surface area contributed by atoms with Crippen molar-refractivity contribution in [3.8, 4) is 0 Å². The second-order valence-corrected chi connectivity index (χ2v) is 3.10. The van der Waals surface area contributed by atoms with Crippen LogP contribution < -0.4 is 11.1 Å². The van der Waals surface area contributed by atoms with E-state index in [2.05, 4.69) is 10.3 Å². The SMILES string of the molecule is Cc1nc(NC(C)CO)ccc1N. The van der Waals surface area contributed by atoms with Crippen LogP contribution in [0.15, 0.2) is 12.1 Å². The summed E-state index contributed by atoms with van der Waals surface area (Å²) in [5.41, 5.74) is 7.10.